The van der Waals surface area contributed by atoms with E-state index in [0.717, 1.165) is 77.3 Å². The molecular weight excluding hydrogens is 1680 g/mol. The van der Waals surface area contributed by atoms with Crippen LogP contribution in [0.4, 0.5) is 26.2 Å². The zero-order valence-corrected chi connectivity index (χ0v) is 77.0. The van der Waals surface area contributed by atoms with E-state index in [4.69, 9.17) is 54.5 Å². The smallest absolute Gasteiger partial charge is 0.355 e. The summed E-state index contributed by atoms with van der Waals surface area (Å²) in [6, 6.07) is 14.9. The number of nitrogens with zero attached hydrogens (tertiary/aromatic N) is 20. The van der Waals surface area contributed by atoms with Gasteiger partial charge in [0.2, 0.25) is 17.7 Å². The summed E-state index contributed by atoms with van der Waals surface area (Å²) >= 11 is 20.7. The number of ether oxygens (including phenoxy) is 1. The van der Waals surface area contributed by atoms with Crippen molar-refractivity contribution in [3.8, 4) is 45.5 Å². The molecule has 1 aromatic carbocycles. The molecule has 11 aromatic rings. The van der Waals surface area contributed by atoms with Crippen LogP contribution < -0.4 is 36.5 Å². The predicted molar refractivity (Wildman–Crippen MR) is 498 cm³/mol. The molecule has 15 rings (SSSR count). The molecule has 0 N–H and O–H groups in total. The number of benzene rings is 1. The van der Waals surface area contributed by atoms with E-state index >= 15 is 4.39 Å². The first-order valence-corrected chi connectivity index (χ1v) is 44.1. The molecule has 1 aliphatic carbocycles. The largest absolute Gasteiger partial charge is 0.494 e. The van der Waals surface area contributed by atoms with Gasteiger partial charge in [0.1, 0.15) is 52.6 Å². The van der Waals surface area contributed by atoms with Gasteiger partial charge in [0.05, 0.1) is 89.6 Å². The lowest BCUT2D eigenvalue weighted by Gasteiger charge is -2.44. The van der Waals surface area contributed by atoms with Crippen LogP contribution in [0.15, 0.2) is 144 Å². The predicted octanol–water partition coefficient (Wildman–Crippen LogP) is 17.2. The molecule has 664 valence electrons. The van der Waals surface area contributed by atoms with Crippen molar-refractivity contribution in [3.63, 3.8) is 0 Å². The molecule has 127 heavy (non-hydrogen) atoms. The topological polar surface area (TPSA) is 288 Å². The second-order valence-corrected chi connectivity index (χ2v) is 35.4. The van der Waals surface area contributed by atoms with Crippen molar-refractivity contribution >= 4 is 109 Å². The van der Waals surface area contributed by atoms with E-state index in [1.54, 1.807) is 64.3 Å². The van der Waals surface area contributed by atoms with Gasteiger partial charge in [0.25, 0.3) is 0 Å². The molecular formula is C95H107Cl3F2N20O7. The van der Waals surface area contributed by atoms with Gasteiger partial charge < -0.3 is 34.1 Å². The first kappa shape index (κ1) is 92.6. The number of rotatable bonds is 17. The third-order valence-electron chi connectivity index (χ3n) is 23.8. The van der Waals surface area contributed by atoms with E-state index in [1.165, 1.54) is 46.2 Å². The van der Waals surface area contributed by atoms with Crippen LogP contribution in [0.1, 0.15) is 192 Å². The third-order valence-corrected chi connectivity index (χ3v) is 24.7. The average molecular weight is 1790 g/mol. The fraction of sp³-hybridized carbons (Fsp3) is 0.400. The van der Waals surface area contributed by atoms with Gasteiger partial charge in [-0.15, -0.1) is 0 Å². The molecule has 32 heteroatoms. The number of carbonyl (C=O) groups is 3. The molecule has 3 saturated heterocycles. The van der Waals surface area contributed by atoms with E-state index in [9.17, 15) is 33.2 Å². The number of carbonyl (C=O) groups excluding carboxylic acids is 3. The maximum absolute atomic E-state index is 15.1. The summed E-state index contributed by atoms with van der Waals surface area (Å²) in [6.45, 7) is 45.4. The maximum Gasteiger partial charge on any atom is 0.355 e. The number of halogens is 5. The van der Waals surface area contributed by atoms with Gasteiger partial charge >= 0.3 is 17.1 Å². The Bertz CT molecular complexity index is 6370. The fourth-order valence-electron chi connectivity index (χ4n) is 17.4. The van der Waals surface area contributed by atoms with Crippen LogP contribution in [0.2, 0.25) is 15.1 Å². The quantitative estimate of drug-likeness (QED) is 0.0765. The van der Waals surface area contributed by atoms with Crippen molar-refractivity contribution in [1.82, 2.24) is 83.2 Å². The van der Waals surface area contributed by atoms with E-state index in [1.807, 2.05) is 130 Å². The lowest BCUT2D eigenvalue weighted by atomic mass is 10.0. The molecule has 27 nitrogen and oxygen atoms in total. The van der Waals surface area contributed by atoms with E-state index in [0.29, 0.717) is 134 Å². The monoisotopic (exact) mass is 1780 g/mol. The Morgan fingerprint density at radius 2 is 0.850 bits per heavy atom. The minimum Gasteiger partial charge on any atom is -0.494 e. The molecule has 3 fully saturated rings. The second-order valence-electron chi connectivity index (χ2n) is 34.2. The molecule has 0 radical (unpaired) electrons. The van der Waals surface area contributed by atoms with Crippen LogP contribution in [-0.2, 0) is 14.4 Å². The van der Waals surface area contributed by atoms with Crippen LogP contribution in [0.25, 0.3) is 78.4 Å². The molecule has 3 amide bonds. The van der Waals surface area contributed by atoms with Crippen molar-refractivity contribution in [2.24, 2.45) is 0 Å². The number of aryl methyl sites for hydroxylation is 2. The van der Waals surface area contributed by atoms with Gasteiger partial charge in [-0.2, -0.15) is 15.0 Å². The fourth-order valence-corrected chi connectivity index (χ4v) is 18.2. The van der Waals surface area contributed by atoms with Gasteiger partial charge in [0.15, 0.2) is 16.9 Å². The minimum absolute atomic E-state index is 0.0216. The molecule has 0 saturated carbocycles. The highest BCUT2D eigenvalue weighted by molar-refractivity contribution is 6.34. The number of pyridine rings is 6. The number of fused-ring (bicyclic) bond motifs is 3. The Morgan fingerprint density at radius 1 is 0.457 bits per heavy atom. The van der Waals surface area contributed by atoms with Crippen molar-refractivity contribution in [1.29, 1.82) is 0 Å². The first-order chi connectivity index (χ1) is 60.5. The van der Waals surface area contributed by atoms with Gasteiger partial charge in [-0.05, 0) is 194 Å². The van der Waals surface area contributed by atoms with Gasteiger partial charge in [-0.25, -0.2) is 61.8 Å². The summed E-state index contributed by atoms with van der Waals surface area (Å²) in [5.74, 6) is -0.247. The molecule has 0 bridgehead atoms. The lowest BCUT2D eigenvalue weighted by Crippen LogP contribution is -2.58. The SMILES string of the molecule is C=CC(=O)N1CC(C)N(c2nc(=O)n(-c3c(C(C)C)ncnc3C(C)C)c3nc(-c4ccc(F)cc4F)c(Cl)cc23)CC1C.C=CC(=O)N1CC(C)N(c2nc(=O)n(-c3c(C)ccnc3C(C)C)c3nc(-c4ncccc4OC)c(Cl)cc23)CC1C.C=CC(=O)N1CC(C)N(c2nc(=O)n(-c3c(C)ccnc3C(C)C)c3nc(C4=CCCCCC4)c(Cl)cc23)CC1C. The molecule has 0 spiro atoms. The summed E-state index contributed by atoms with van der Waals surface area (Å²) in [4.78, 5) is 143. The molecule has 3 aliphatic heterocycles. The Balaban J connectivity index is 0.000000163. The Labute approximate surface area is 752 Å². The van der Waals surface area contributed by atoms with Crippen molar-refractivity contribution < 1.29 is 27.9 Å². The number of aromatic nitrogens is 14. The number of anilines is 3. The Morgan fingerprint density at radius 3 is 1.26 bits per heavy atom. The molecule has 6 atom stereocenters. The second kappa shape index (κ2) is 38.6. The van der Waals surface area contributed by atoms with Crippen LogP contribution in [-0.4, -0.2) is 184 Å². The number of amides is 3. The minimum atomic E-state index is -0.846. The van der Waals surface area contributed by atoms with Crippen LogP contribution in [0, 0.1) is 25.5 Å². The van der Waals surface area contributed by atoms with Crippen LogP contribution in [0.3, 0.4) is 0 Å². The standard InChI is InChI=1S/C32H34ClF2N7O2.C32H39ClN6O2.C31H34ClN7O3/c1-8-25(43)40-13-19(7)41(14-18(40)6)30-22-12-23(33)28(21-10-9-20(34)11-24(21)35)38-31(22)42(32(44)39-30)29-26(16(2)3)36-15-37-27(29)17(4)5;1-7-26(40)37-17-22(6)38(18-21(37)5)30-24-16-25(33)28(23-12-10-8-9-11-13-23)35-31(24)39(32(41)36-30)29-20(4)14-15-34-27(29)19(2)3;1-8-24(40)37-15-20(6)38(16-19(37)5)29-21-14-22(32)26(27-23(42-7)10-9-12-33-27)35-30(21)39(31(41)36-29)28-18(4)11-13-34-25(28)17(2)3/h8-12,15-19H,1,13-14H2,2-7H3;7,12,14-16,19,21-22H,1,8-11,13,17-18H2,2-6H3;8-14,17,19-20H,1,15-16H2,2-7H3. The summed E-state index contributed by atoms with van der Waals surface area (Å²) in [5.41, 5.74) is 8.62. The highest BCUT2D eigenvalue weighted by atomic mass is 35.5. The van der Waals surface area contributed by atoms with E-state index in [2.05, 4.69) is 84.4 Å². The summed E-state index contributed by atoms with van der Waals surface area (Å²) in [6.07, 6.45) is 18.1. The van der Waals surface area contributed by atoms with Crippen molar-refractivity contribution in [2.75, 3.05) is 61.1 Å². The van der Waals surface area contributed by atoms with Crippen LogP contribution >= 0.6 is 34.8 Å². The molecule has 10 aromatic heterocycles. The molecule has 6 unspecified atom stereocenters. The highest BCUT2D eigenvalue weighted by Crippen LogP contribution is 2.43. The summed E-state index contributed by atoms with van der Waals surface area (Å²) in [5, 5.41) is 2.71. The van der Waals surface area contributed by atoms with Crippen LogP contribution in [0.5, 0.6) is 5.75 Å². The number of hydrogen-bond donors (Lipinski definition) is 0. The molecule has 4 aliphatic rings. The van der Waals surface area contributed by atoms with E-state index < -0.39 is 28.7 Å². The maximum atomic E-state index is 15.1. The van der Waals surface area contributed by atoms with Gasteiger partial charge in [-0.3, -0.25) is 29.3 Å². The van der Waals surface area contributed by atoms with Crippen molar-refractivity contribution in [3.05, 3.63) is 227 Å². The van der Waals surface area contributed by atoms with Gasteiger partial charge in [-0.1, -0.05) is 122 Å². The first-order valence-electron chi connectivity index (χ1n) is 42.9. The Kier molecular flexibility index (Phi) is 28.2. The van der Waals surface area contributed by atoms with E-state index in [-0.39, 0.29) is 99.6 Å². The zero-order valence-electron chi connectivity index (χ0n) is 74.8. The summed E-state index contributed by atoms with van der Waals surface area (Å²) in [7, 11) is 1.56. The molecule has 13 heterocycles. The third kappa shape index (κ3) is 18.3. The number of allylic oxidation sites excluding steroid dienone is 2. The number of hydrogen-bond acceptors (Lipinski definition) is 21. The lowest BCUT2D eigenvalue weighted by molar-refractivity contribution is -0.129. The Hall–Kier alpha value is -12.1. The number of piperazine rings is 3. The normalized spacial score (nSPS) is 18.0. The number of methoxy groups -OCH3 is 1. The van der Waals surface area contributed by atoms with Gasteiger partial charge in [0, 0.05) is 106 Å². The summed E-state index contributed by atoms with van der Waals surface area (Å²) < 4.78 is 39.0. The average Bonchev–Trinajstić information content (AvgIpc) is 0.798. The zero-order chi connectivity index (χ0) is 91.7. The highest BCUT2D eigenvalue weighted by Gasteiger charge is 2.39. The van der Waals surface area contributed by atoms with Crippen molar-refractivity contribution in [2.45, 2.75) is 203 Å².